The molecule has 0 aliphatic heterocycles. The molecule has 0 saturated heterocycles. The first-order valence-electron chi connectivity index (χ1n) is 6.09. The zero-order valence-electron chi connectivity index (χ0n) is 11.4. The van der Waals surface area contributed by atoms with Gasteiger partial charge in [-0.15, -0.1) is 0 Å². The van der Waals surface area contributed by atoms with Gasteiger partial charge < -0.3 is 18.9 Å². The number of methoxy groups -OCH3 is 2. The molecule has 0 atom stereocenters. The summed E-state index contributed by atoms with van der Waals surface area (Å²) in [6, 6.07) is 7.13. The fraction of sp³-hybridized carbons (Fsp3) is 0.500. The Hall–Kier alpha value is -1.43. The van der Waals surface area contributed by atoms with E-state index in [0.29, 0.717) is 38.6 Å². The van der Waals surface area contributed by atoms with Gasteiger partial charge in [-0.25, -0.2) is 4.79 Å². The predicted octanol–water partition coefficient (Wildman–Crippen LogP) is 1.65. The average molecular weight is 268 g/mol. The van der Waals surface area contributed by atoms with E-state index in [2.05, 4.69) is 4.74 Å². The Morgan fingerprint density at radius 3 is 2.21 bits per heavy atom. The SMILES string of the molecule is COCCOCCOCc1ccc(C(=O)OC)cc1. The smallest absolute Gasteiger partial charge is 0.337 e. The summed E-state index contributed by atoms with van der Waals surface area (Å²) in [6.45, 7) is 2.74. The molecule has 1 aromatic rings. The minimum absolute atomic E-state index is 0.334. The summed E-state index contributed by atoms with van der Waals surface area (Å²) in [6.07, 6.45) is 0. The minimum atomic E-state index is -0.334. The van der Waals surface area contributed by atoms with Crippen LogP contribution in [-0.4, -0.2) is 46.6 Å². The number of esters is 1. The van der Waals surface area contributed by atoms with Crippen molar-refractivity contribution in [2.45, 2.75) is 6.61 Å². The molecule has 19 heavy (non-hydrogen) atoms. The van der Waals surface area contributed by atoms with E-state index in [4.69, 9.17) is 14.2 Å². The van der Waals surface area contributed by atoms with E-state index in [1.807, 2.05) is 12.1 Å². The van der Waals surface area contributed by atoms with E-state index in [1.165, 1.54) is 7.11 Å². The maximum absolute atomic E-state index is 11.2. The maximum atomic E-state index is 11.2. The first kappa shape index (κ1) is 15.6. The summed E-state index contributed by atoms with van der Waals surface area (Å²) in [5.41, 5.74) is 1.54. The molecule has 1 aromatic carbocycles. The van der Waals surface area contributed by atoms with Crippen molar-refractivity contribution >= 4 is 5.97 Å². The molecule has 0 spiro atoms. The zero-order valence-corrected chi connectivity index (χ0v) is 11.4. The van der Waals surface area contributed by atoms with Crippen molar-refractivity contribution in [2.75, 3.05) is 40.6 Å². The van der Waals surface area contributed by atoms with Crippen LogP contribution < -0.4 is 0 Å². The molecule has 0 aromatic heterocycles. The van der Waals surface area contributed by atoms with E-state index in [0.717, 1.165) is 5.56 Å². The summed E-state index contributed by atoms with van der Waals surface area (Å²) in [5, 5.41) is 0. The Balaban J connectivity index is 2.18. The highest BCUT2D eigenvalue weighted by Gasteiger charge is 2.04. The molecule has 0 saturated carbocycles. The molecule has 5 nitrogen and oxygen atoms in total. The lowest BCUT2D eigenvalue weighted by Gasteiger charge is -2.06. The molecule has 106 valence electrons. The van der Waals surface area contributed by atoms with Crippen LogP contribution in [0.5, 0.6) is 0 Å². The van der Waals surface area contributed by atoms with Crippen molar-refractivity contribution in [3.63, 3.8) is 0 Å². The second-order valence-electron chi connectivity index (χ2n) is 3.85. The lowest BCUT2D eigenvalue weighted by atomic mass is 10.1. The molecule has 5 heteroatoms. The van der Waals surface area contributed by atoms with Crippen molar-refractivity contribution in [1.82, 2.24) is 0 Å². The molecule has 0 aliphatic carbocycles. The van der Waals surface area contributed by atoms with Crippen LogP contribution in [0.25, 0.3) is 0 Å². The van der Waals surface area contributed by atoms with Gasteiger partial charge in [0.05, 0.1) is 45.7 Å². The molecule has 0 heterocycles. The highest BCUT2D eigenvalue weighted by Crippen LogP contribution is 2.06. The van der Waals surface area contributed by atoms with E-state index in [9.17, 15) is 4.79 Å². The van der Waals surface area contributed by atoms with Gasteiger partial charge in [-0.05, 0) is 17.7 Å². The molecule has 0 fully saturated rings. The molecule has 0 bridgehead atoms. The van der Waals surface area contributed by atoms with Crippen molar-refractivity contribution in [3.05, 3.63) is 35.4 Å². The summed E-state index contributed by atoms with van der Waals surface area (Å²) in [4.78, 5) is 11.2. The lowest BCUT2D eigenvalue weighted by molar-refractivity contribution is 0.0199. The van der Waals surface area contributed by atoms with Crippen LogP contribution in [0, 0.1) is 0 Å². The van der Waals surface area contributed by atoms with E-state index < -0.39 is 0 Å². The third-order valence-corrected chi connectivity index (χ3v) is 2.45. The summed E-state index contributed by atoms with van der Waals surface area (Å²) >= 11 is 0. The highest BCUT2D eigenvalue weighted by molar-refractivity contribution is 5.89. The quantitative estimate of drug-likeness (QED) is 0.503. The van der Waals surface area contributed by atoms with Crippen LogP contribution in [0.15, 0.2) is 24.3 Å². The summed E-state index contributed by atoms with van der Waals surface area (Å²) in [5.74, 6) is -0.334. The van der Waals surface area contributed by atoms with Crippen molar-refractivity contribution in [2.24, 2.45) is 0 Å². The monoisotopic (exact) mass is 268 g/mol. The number of hydrogen-bond donors (Lipinski definition) is 0. The molecular weight excluding hydrogens is 248 g/mol. The fourth-order valence-corrected chi connectivity index (χ4v) is 1.41. The molecule has 0 radical (unpaired) electrons. The van der Waals surface area contributed by atoms with Gasteiger partial charge in [0, 0.05) is 7.11 Å². The number of ether oxygens (including phenoxy) is 4. The molecule has 0 aliphatic rings. The van der Waals surface area contributed by atoms with Crippen LogP contribution in [0.2, 0.25) is 0 Å². The first-order valence-corrected chi connectivity index (χ1v) is 6.09. The van der Waals surface area contributed by atoms with Gasteiger partial charge in [0.2, 0.25) is 0 Å². The highest BCUT2D eigenvalue weighted by atomic mass is 16.5. The van der Waals surface area contributed by atoms with Gasteiger partial charge in [0.25, 0.3) is 0 Å². The third-order valence-electron chi connectivity index (χ3n) is 2.45. The standard InChI is InChI=1S/C14H20O5/c1-16-7-8-18-9-10-19-11-12-3-5-13(6-4-12)14(15)17-2/h3-6H,7-11H2,1-2H3. The second-order valence-corrected chi connectivity index (χ2v) is 3.85. The number of benzene rings is 1. The Bertz CT molecular complexity index is 361. The second kappa shape index (κ2) is 9.49. The van der Waals surface area contributed by atoms with Crippen LogP contribution in [0.1, 0.15) is 15.9 Å². The van der Waals surface area contributed by atoms with Gasteiger partial charge in [-0.2, -0.15) is 0 Å². The van der Waals surface area contributed by atoms with Crippen LogP contribution >= 0.6 is 0 Å². The van der Waals surface area contributed by atoms with Crippen LogP contribution in [0.4, 0.5) is 0 Å². The van der Waals surface area contributed by atoms with Crippen molar-refractivity contribution in [1.29, 1.82) is 0 Å². The number of hydrogen-bond acceptors (Lipinski definition) is 5. The van der Waals surface area contributed by atoms with Gasteiger partial charge in [-0.3, -0.25) is 0 Å². The minimum Gasteiger partial charge on any atom is -0.465 e. The topological polar surface area (TPSA) is 54.0 Å². The van der Waals surface area contributed by atoms with E-state index >= 15 is 0 Å². The number of rotatable bonds is 9. The fourth-order valence-electron chi connectivity index (χ4n) is 1.41. The van der Waals surface area contributed by atoms with Gasteiger partial charge >= 0.3 is 5.97 Å². The van der Waals surface area contributed by atoms with Crippen LogP contribution in [0.3, 0.4) is 0 Å². The third kappa shape index (κ3) is 6.33. The van der Waals surface area contributed by atoms with Gasteiger partial charge in [-0.1, -0.05) is 12.1 Å². The van der Waals surface area contributed by atoms with Gasteiger partial charge in [0.15, 0.2) is 0 Å². The number of carbonyl (C=O) groups is 1. The molecule has 0 N–H and O–H groups in total. The van der Waals surface area contributed by atoms with Crippen LogP contribution in [-0.2, 0) is 25.6 Å². The lowest BCUT2D eigenvalue weighted by Crippen LogP contribution is -2.08. The number of carbonyl (C=O) groups excluding carboxylic acids is 1. The molecular formula is C14H20O5. The zero-order chi connectivity index (χ0) is 13.9. The largest absolute Gasteiger partial charge is 0.465 e. The van der Waals surface area contributed by atoms with Crippen molar-refractivity contribution in [3.8, 4) is 0 Å². The maximum Gasteiger partial charge on any atom is 0.337 e. The summed E-state index contributed by atoms with van der Waals surface area (Å²) in [7, 11) is 3.00. The molecule has 1 rings (SSSR count). The summed E-state index contributed by atoms with van der Waals surface area (Å²) < 4.78 is 20.2. The Labute approximate surface area is 113 Å². The first-order chi connectivity index (χ1) is 9.27. The molecule has 0 amide bonds. The normalized spacial score (nSPS) is 10.4. The van der Waals surface area contributed by atoms with E-state index in [-0.39, 0.29) is 5.97 Å². The van der Waals surface area contributed by atoms with Gasteiger partial charge in [0.1, 0.15) is 0 Å². The molecule has 0 unspecified atom stereocenters. The van der Waals surface area contributed by atoms with Crippen molar-refractivity contribution < 1.29 is 23.7 Å². The predicted molar refractivity (Wildman–Crippen MR) is 70.1 cm³/mol. The Kier molecular flexibility index (Phi) is 7.81. The Morgan fingerprint density at radius 2 is 1.58 bits per heavy atom. The average Bonchev–Trinajstić information content (AvgIpc) is 2.46. The van der Waals surface area contributed by atoms with E-state index in [1.54, 1.807) is 19.2 Å². The Morgan fingerprint density at radius 1 is 0.947 bits per heavy atom.